The van der Waals surface area contributed by atoms with Crippen molar-refractivity contribution in [2.24, 2.45) is 0 Å². The summed E-state index contributed by atoms with van der Waals surface area (Å²) in [5.74, 6) is 0.679. The molecule has 0 N–H and O–H groups in total. The molecule has 0 fully saturated rings. The summed E-state index contributed by atoms with van der Waals surface area (Å²) in [7, 11) is 0. The summed E-state index contributed by atoms with van der Waals surface area (Å²) in [6.07, 6.45) is 0. The Morgan fingerprint density at radius 2 is 1.83 bits per heavy atom. The quantitative estimate of drug-likeness (QED) is 0.647. The van der Waals surface area contributed by atoms with Crippen LogP contribution in [0.4, 0.5) is 0 Å². The van der Waals surface area contributed by atoms with E-state index in [-0.39, 0.29) is 10.2 Å². The van der Waals surface area contributed by atoms with Gasteiger partial charge in [0.1, 0.15) is 18.2 Å². The first kappa shape index (κ1) is 7.89. The fraction of sp³-hybridized carbons (Fsp3) is 0.333. The Bertz CT molecular complexity index is 319. The van der Waals surface area contributed by atoms with E-state index in [4.69, 9.17) is 32.7 Å². The molecule has 64 valence electrons. The van der Waals surface area contributed by atoms with Crippen LogP contribution >= 0.6 is 23.2 Å². The molecule has 2 rings (SSSR count). The second-order valence-electron chi connectivity index (χ2n) is 2.14. The Balaban J connectivity index is 2.54. The van der Waals surface area contributed by atoms with Gasteiger partial charge in [0.15, 0.2) is 5.15 Å². The van der Waals surface area contributed by atoms with Crippen LogP contribution in [0.2, 0.25) is 10.2 Å². The number of rotatable bonds is 0. The van der Waals surface area contributed by atoms with Crippen LogP contribution in [0.25, 0.3) is 0 Å². The predicted molar refractivity (Wildman–Crippen MR) is 43.0 cm³/mol. The number of hydrogen-bond donors (Lipinski definition) is 0. The van der Waals surface area contributed by atoms with Gasteiger partial charge in [0.25, 0.3) is 5.88 Å². The number of hydrogen-bond acceptors (Lipinski definition) is 4. The molecule has 0 amide bonds. The van der Waals surface area contributed by atoms with Crippen molar-refractivity contribution >= 4 is 23.2 Å². The highest BCUT2D eigenvalue weighted by Crippen LogP contribution is 2.37. The van der Waals surface area contributed by atoms with Crippen molar-refractivity contribution in [3.63, 3.8) is 0 Å². The van der Waals surface area contributed by atoms with Gasteiger partial charge in [0.2, 0.25) is 5.75 Å². The summed E-state index contributed by atoms with van der Waals surface area (Å²) >= 11 is 11.4. The van der Waals surface area contributed by atoms with Gasteiger partial charge < -0.3 is 9.47 Å². The zero-order valence-corrected chi connectivity index (χ0v) is 7.39. The van der Waals surface area contributed by atoms with E-state index in [0.717, 1.165) is 0 Å². The lowest BCUT2D eigenvalue weighted by Crippen LogP contribution is -2.17. The highest BCUT2D eigenvalue weighted by Gasteiger charge is 2.19. The van der Waals surface area contributed by atoms with Gasteiger partial charge in [-0.2, -0.15) is 0 Å². The summed E-state index contributed by atoms with van der Waals surface area (Å²) in [5.41, 5.74) is 0. The predicted octanol–water partition coefficient (Wildman–Crippen LogP) is 1.55. The van der Waals surface area contributed by atoms with E-state index in [1.165, 1.54) is 0 Å². The second-order valence-corrected chi connectivity index (χ2v) is 2.87. The van der Waals surface area contributed by atoms with Gasteiger partial charge in [-0.05, 0) is 0 Å². The molecule has 0 aliphatic carbocycles. The molecule has 1 aliphatic rings. The number of nitrogens with zero attached hydrogens (tertiary/aromatic N) is 2. The minimum absolute atomic E-state index is 0.126. The molecule has 0 bridgehead atoms. The van der Waals surface area contributed by atoms with Gasteiger partial charge in [-0.25, -0.2) is 0 Å². The van der Waals surface area contributed by atoms with Crippen molar-refractivity contribution in [1.82, 2.24) is 10.2 Å². The summed E-state index contributed by atoms with van der Waals surface area (Å²) in [6.45, 7) is 0.911. The summed E-state index contributed by atoms with van der Waals surface area (Å²) in [5, 5.41) is 7.61. The molecular weight excluding hydrogens is 203 g/mol. The van der Waals surface area contributed by atoms with Gasteiger partial charge >= 0.3 is 0 Å². The van der Waals surface area contributed by atoms with Crippen molar-refractivity contribution in [3.05, 3.63) is 10.2 Å². The van der Waals surface area contributed by atoms with Gasteiger partial charge in [-0.3, -0.25) is 0 Å². The molecule has 2 heterocycles. The Kier molecular flexibility index (Phi) is 1.94. The Labute approximate surface area is 78.4 Å². The van der Waals surface area contributed by atoms with Crippen LogP contribution in [0.3, 0.4) is 0 Å². The molecule has 1 aromatic heterocycles. The molecule has 1 aromatic rings. The third-order valence-corrected chi connectivity index (χ3v) is 2.08. The minimum Gasteiger partial charge on any atom is -0.483 e. The lowest BCUT2D eigenvalue weighted by Gasteiger charge is -2.17. The molecule has 0 saturated carbocycles. The zero-order valence-electron chi connectivity index (χ0n) is 5.88. The third kappa shape index (κ3) is 1.17. The topological polar surface area (TPSA) is 44.2 Å². The SMILES string of the molecule is Clc1nnc2c(c1Cl)OCCO2. The third-order valence-electron chi connectivity index (χ3n) is 1.37. The lowest BCUT2D eigenvalue weighted by molar-refractivity contribution is 0.162. The molecule has 4 nitrogen and oxygen atoms in total. The highest BCUT2D eigenvalue weighted by atomic mass is 35.5. The molecule has 1 aliphatic heterocycles. The largest absolute Gasteiger partial charge is 0.483 e. The van der Waals surface area contributed by atoms with Crippen LogP contribution in [0, 0.1) is 0 Å². The molecule has 0 spiro atoms. The van der Waals surface area contributed by atoms with E-state index < -0.39 is 0 Å². The molecular formula is C6H4Cl2N2O2. The zero-order chi connectivity index (χ0) is 8.55. The van der Waals surface area contributed by atoms with Crippen molar-refractivity contribution < 1.29 is 9.47 Å². The highest BCUT2D eigenvalue weighted by molar-refractivity contribution is 6.42. The molecule has 0 unspecified atom stereocenters. The molecule has 6 heteroatoms. The molecule has 12 heavy (non-hydrogen) atoms. The number of halogens is 2. The number of ether oxygens (including phenoxy) is 2. The first-order chi connectivity index (χ1) is 5.79. The van der Waals surface area contributed by atoms with Gasteiger partial charge in [0.05, 0.1) is 0 Å². The van der Waals surface area contributed by atoms with Crippen LogP contribution < -0.4 is 9.47 Å². The van der Waals surface area contributed by atoms with E-state index in [1.807, 2.05) is 0 Å². The first-order valence-electron chi connectivity index (χ1n) is 3.26. The standard InChI is InChI=1S/C6H4Cl2N2O2/c7-3-4-6(10-9-5(3)8)12-2-1-11-4/h1-2H2. The van der Waals surface area contributed by atoms with Gasteiger partial charge in [0, 0.05) is 0 Å². The maximum absolute atomic E-state index is 5.77. The van der Waals surface area contributed by atoms with E-state index in [1.54, 1.807) is 0 Å². The maximum atomic E-state index is 5.77. The first-order valence-corrected chi connectivity index (χ1v) is 4.02. The normalized spacial score (nSPS) is 14.5. The molecule has 0 saturated heterocycles. The second kappa shape index (κ2) is 2.95. The lowest BCUT2D eigenvalue weighted by atomic mass is 10.5. The number of aromatic nitrogens is 2. The van der Waals surface area contributed by atoms with E-state index in [9.17, 15) is 0 Å². The van der Waals surface area contributed by atoms with Crippen LogP contribution in [0.5, 0.6) is 11.6 Å². The molecule has 0 radical (unpaired) electrons. The Morgan fingerprint density at radius 3 is 2.67 bits per heavy atom. The van der Waals surface area contributed by atoms with Crippen LogP contribution in [0.1, 0.15) is 0 Å². The van der Waals surface area contributed by atoms with Crippen LogP contribution in [-0.4, -0.2) is 23.4 Å². The van der Waals surface area contributed by atoms with Crippen molar-refractivity contribution in [1.29, 1.82) is 0 Å². The van der Waals surface area contributed by atoms with Crippen molar-refractivity contribution in [2.75, 3.05) is 13.2 Å². The van der Waals surface area contributed by atoms with Gasteiger partial charge in [-0.15, -0.1) is 10.2 Å². The van der Waals surface area contributed by atoms with Crippen LogP contribution in [-0.2, 0) is 0 Å². The van der Waals surface area contributed by atoms with E-state index in [2.05, 4.69) is 10.2 Å². The van der Waals surface area contributed by atoms with E-state index >= 15 is 0 Å². The summed E-state index contributed by atoms with van der Waals surface area (Å²) < 4.78 is 10.3. The molecule has 0 aromatic carbocycles. The fourth-order valence-electron chi connectivity index (χ4n) is 0.868. The average Bonchev–Trinajstić information content (AvgIpc) is 2.12. The minimum atomic E-state index is 0.126. The average molecular weight is 207 g/mol. The Hall–Kier alpha value is -0.740. The van der Waals surface area contributed by atoms with Crippen molar-refractivity contribution in [3.8, 4) is 11.6 Å². The smallest absolute Gasteiger partial charge is 0.278 e. The molecule has 0 atom stereocenters. The fourth-order valence-corrected chi connectivity index (χ4v) is 1.16. The summed E-state index contributed by atoms with van der Waals surface area (Å²) in [6, 6.07) is 0. The monoisotopic (exact) mass is 206 g/mol. The summed E-state index contributed by atoms with van der Waals surface area (Å²) in [4.78, 5) is 0. The van der Waals surface area contributed by atoms with Crippen LogP contribution in [0.15, 0.2) is 0 Å². The van der Waals surface area contributed by atoms with Gasteiger partial charge in [-0.1, -0.05) is 23.2 Å². The van der Waals surface area contributed by atoms with E-state index in [0.29, 0.717) is 24.8 Å². The van der Waals surface area contributed by atoms with Crippen molar-refractivity contribution in [2.45, 2.75) is 0 Å². The Morgan fingerprint density at radius 1 is 1.08 bits per heavy atom. The number of fused-ring (bicyclic) bond motifs is 1. The maximum Gasteiger partial charge on any atom is 0.278 e.